The quantitative estimate of drug-likeness (QED) is 0.898. The average molecular weight is 353 g/mol. The van der Waals surface area contributed by atoms with Crippen molar-refractivity contribution in [1.29, 1.82) is 0 Å². The Labute approximate surface area is 154 Å². The largest absolute Gasteiger partial charge is 0.379 e. The summed E-state index contributed by atoms with van der Waals surface area (Å²) in [6, 6.07) is 9.93. The molecular formula is C21H27N3O2. The number of carbonyl (C=O) groups excluding carboxylic acids is 1. The minimum absolute atomic E-state index is 0.00756. The van der Waals surface area contributed by atoms with E-state index < -0.39 is 0 Å². The minimum Gasteiger partial charge on any atom is -0.379 e. The van der Waals surface area contributed by atoms with Crippen molar-refractivity contribution in [2.75, 3.05) is 32.8 Å². The van der Waals surface area contributed by atoms with Gasteiger partial charge in [-0.25, -0.2) is 0 Å². The molecule has 1 saturated carbocycles. The van der Waals surface area contributed by atoms with Crippen molar-refractivity contribution in [2.24, 2.45) is 0 Å². The van der Waals surface area contributed by atoms with E-state index in [1.165, 1.54) is 12.8 Å². The average Bonchev–Trinajstić information content (AvgIpc) is 3.51. The molecule has 2 aliphatic rings. The third kappa shape index (κ3) is 3.60. The van der Waals surface area contributed by atoms with Crippen molar-refractivity contribution >= 4 is 16.8 Å². The van der Waals surface area contributed by atoms with Crippen LogP contribution >= 0.6 is 0 Å². The van der Waals surface area contributed by atoms with Crippen molar-refractivity contribution in [2.45, 2.75) is 38.1 Å². The lowest BCUT2D eigenvalue weighted by atomic mass is 10.0. The zero-order chi connectivity index (χ0) is 18.1. The van der Waals surface area contributed by atoms with Gasteiger partial charge in [0, 0.05) is 42.2 Å². The van der Waals surface area contributed by atoms with Crippen LogP contribution in [0.15, 0.2) is 30.3 Å². The maximum absolute atomic E-state index is 13.0. The fourth-order valence-corrected chi connectivity index (χ4v) is 3.64. The van der Waals surface area contributed by atoms with Gasteiger partial charge in [0.25, 0.3) is 5.91 Å². The van der Waals surface area contributed by atoms with Crippen LogP contribution in [0.25, 0.3) is 10.9 Å². The molecule has 1 aliphatic carbocycles. The van der Waals surface area contributed by atoms with Crippen LogP contribution in [-0.4, -0.2) is 54.2 Å². The molecule has 1 N–H and O–H groups in total. The highest BCUT2D eigenvalue weighted by atomic mass is 16.5. The summed E-state index contributed by atoms with van der Waals surface area (Å²) in [4.78, 5) is 20.1. The first-order chi connectivity index (χ1) is 12.5. The van der Waals surface area contributed by atoms with E-state index in [0.717, 1.165) is 48.5 Å². The summed E-state index contributed by atoms with van der Waals surface area (Å²) in [6.07, 6.45) is 2.35. The Morgan fingerprint density at radius 1 is 1.27 bits per heavy atom. The Balaban J connectivity index is 1.54. The third-order valence-electron chi connectivity index (χ3n) is 5.52. The predicted molar refractivity (Wildman–Crippen MR) is 103 cm³/mol. The van der Waals surface area contributed by atoms with Crippen LogP contribution < -0.4 is 5.32 Å². The number of para-hydroxylation sites is 1. The molecule has 1 aromatic carbocycles. The maximum atomic E-state index is 13.0. The van der Waals surface area contributed by atoms with Gasteiger partial charge in [-0.1, -0.05) is 18.2 Å². The number of hydrogen-bond donors (Lipinski definition) is 1. The van der Waals surface area contributed by atoms with E-state index in [-0.39, 0.29) is 11.4 Å². The number of fused-ring (bicyclic) bond motifs is 1. The van der Waals surface area contributed by atoms with Crippen LogP contribution in [0.4, 0.5) is 0 Å². The van der Waals surface area contributed by atoms with Gasteiger partial charge >= 0.3 is 0 Å². The summed E-state index contributed by atoms with van der Waals surface area (Å²) < 4.78 is 5.44. The molecule has 1 aliphatic heterocycles. The molecule has 0 bridgehead atoms. The second-order valence-electron chi connectivity index (χ2n) is 7.98. The number of benzene rings is 1. The summed E-state index contributed by atoms with van der Waals surface area (Å²) in [5.41, 5.74) is 2.62. The van der Waals surface area contributed by atoms with E-state index in [0.29, 0.717) is 12.5 Å². The van der Waals surface area contributed by atoms with Crippen molar-refractivity contribution in [1.82, 2.24) is 15.2 Å². The Morgan fingerprint density at radius 2 is 2.00 bits per heavy atom. The van der Waals surface area contributed by atoms with Crippen molar-refractivity contribution < 1.29 is 9.53 Å². The molecule has 1 amide bonds. The summed E-state index contributed by atoms with van der Waals surface area (Å²) in [7, 11) is 0. The Morgan fingerprint density at radius 3 is 2.73 bits per heavy atom. The first kappa shape index (κ1) is 17.4. The number of pyridine rings is 1. The highest BCUT2D eigenvalue weighted by molar-refractivity contribution is 6.06. The van der Waals surface area contributed by atoms with Crippen LogP contribution in [0, 0.1) is 0 Å². The molecule has 5 nitrogen and oxygen atoms in total. The molecule has 2 aromatic rings. The summed E-state index contributed by atoms with van der Waals surface area (Å²) in [6.45, 7) is 8.31. The van der Waals surface area contributed by atoms with E-state index in [1.807, 2.05) is 30.3 Å². The highest BCUT2D eigenvalue weighted by Gasteiger charge is 2.30. The Bertz CT molecular complexity index is 808. The van der Waals surface area contributed by atoms with E-state index in [1.54, 1.807) is 0 Å². The molecule has 0 radical (unpaired) electrons. The van der Waals surface area contributed by atoms with Gasteiger partial charge in [-0.05, 0) is 38.8 Å². The SMILES string of the molecule is CC(C)(CNC(=O)c1cc(C2CC2)nc2ccccc12)N1CCOCC1. The first-order valence-electron chi connectivity index (χ1n) is 9.55. The molecule has 5 heteroatoms. The lowest BCUT2D eigenvalue weighted by Gasteiger charge is -2.40. The van der Waals surface area contributed by atoms with Gasteiger partial charge in [-0.15, -0.1) is 0 Å². The molecule has 138 valence electrons. The first-order valence-corrected chi connectivity index (χ1v) is 9.55. The number of morpholine rings is 1. The molecule has 2 heterocycles. The van der Waals surface area contributed by atoms with Gasteiger partial charge in [0.1, 0.15) is 0 Å². The lowest BCUT2D eigenvalue weighted by molar-refractivity contribution is -0.00922. The molecule has 4 rings (SSSR count). The highest BCUT2D eigenvalue weighted by Crippen LogP contribution is 2.40. The number of amides is 1. The van der Waals surface area contributed by atoms with Crippen molar-refractivity contribution in [3.05, 3.63) is 41.6 Å². The van der Waals surface area contributed by atoms with E-state index in [2.05, 4.69) is 24.1 Å². The van der Waals surface area contributed by atoms with Crippen LogP contribution in [0.5, 0.6) is 0 Å². The second-order valence-corrected chi connectivity index (χ2v) is 7.98. The van der Waals surface area contributed by atoms with Gasteiger partial charge < -0.3 is 10.1 Å². The molecule has 0 spiro atoms. The molecule has 0 unspecified atom stereocenters. The van der Waals surface area contributed by atoms with E-state index >= 15 is 0 Å². The fraction of sp³-hybridized carbons (Fsp3) is 0.524. The van der Waals surface area contributed by atoms with Gasteiger partial charge in [-0.2, -0.15) is 0 Å². The van der Waals surface area contributed by atoms with Crippen molar-refractivity contribution in [3.8, 4) is 0 Å². The number of aromatic nitrogens is 1. The van der Waals surface area contributed by atoms with Crippen LogP contribution in [0.2, 0.25) is 0 Å². The zero-order valence-electron chi connectivity index (χ0n) is 15.6. The predicted octanol–water partition coefficient (Wildman–Crippen LogP) is 2.95. The van der Waals surface area contributed by atoms with Crippen LogP contribution in [0.3, 0.4) is 0 Å². The fourth-order valence-electron chi connectivity index (χ4n) is 3.64. The molecule has 2 fully saturated rings. The van der Waals surface area contributed by atoms with E-state index in [9.17, 15) is 4.79 Å². The van der Waals surface area contributed by atoms with Crippen LogP contribution in [-0.2, 0) is 4.74 Å². The number of nitrogens with one attached hydrogen (secondary N) is 1. The van der Waals surface area contributed by atoms with Gasteiger partial charge in [0.2, 0.25) is 0 Å². The standard InChI is InChI=1S/C21H27N3O2/c1-21(2,24-9-11-26-12-10-24)14-22-20(25)17-13-19(15-7-8-15)23-18-6-4-3-5-16(17)18/h3-6,13,15H,7-12,14H2,1-2H3,(H,22,25). The van der Waals surface area contributed by atoms with Gasteiger partial charge in [0.05, 0.1) is 24.3 Å². The van der Waals surface area contributed by atoms with Crippen LogP contribution in [0.1, 0.15) is 48.7 Å². The molecule has 26 heavy (non-hydrogen) atoms. The molecular weight excluding hydrogens is 326 g/mol. The number of ether oxygens (including phenoxy) is 1. The van der Waals surface area contributed by atoms with Crippen molar-refractivity contribution in [3.63, 3.8) is 0 Å². The third-order valence-corrected chi connectivity index (χ3v) is 5.52. The minimum atomic E-state index is -0.0956. The monoisotopic (exact) mass is 353 g/mol. The summed E-state index contributed by atoms with van der Waals surface area (Å²) in [5, 5.41) is 4.10. The lowest BCUT2D eigenvalue weighted by Crippen LogP contribution is -2.55. The zero-order valence-corrected chi connectivity index (χ0v) is 15.6. The molecule has 1 saturated heterocycles. The number of nitrogens with zero attached hydrogens (tertiary/aromatic N) is 2. The number of carbonyl (C=O) groups is 1. The molecule has 0 atom stereocenters. The number of rotatable bonds is 5. The van der Waals surface area contributed by atoms with E-state index in [4.69, 9.17) is 9.72 Å². The molecule has 1 aromatic heterocycles. The van der Waals surface area contributed by atoms with Gasteiger partial charge in [0.15, 0.2) is 0 Å². The normalized spacial score (nSPS) is 18.8. The summed E-state index contributed by atoms with van der Waals surface area (Å²) in [5.74, 6) is 0.516. The number of hydrogen-bond acceptors (Lipinski definition) is 4. The van der Waals surface area contributed by atoms with Gasteiger partial charge in [-0.3, -0.25) is 14.7 Å². The summed E-state index contributed by atoms with van der Waals surface area (Å²) >= 11 is 0. The second kappa shape index (κ2) is 6.97. The maximum Gasteiger partial charge on any atom is 0.252 e. The smallest absolute Gasteiger partial charge is 0.252 e. The Kier molecular flexibility index (Phi) is 4.67. The Hall–Kier alpha value is -1.98. The topological polar surface area (TPSA) is 54.5 Å².